The fourth-order valence-corrected chi connectivity index (χ4v) is 3.12. The molecule has 1 fully saturated rings. The highest BCUT2D eigenvalue weighted by Crippen LogP contribution is 2.27. The normalized spacial score (nSPS) is 16.8. The number of rotatable bonds is 4. The van der Waals surface area contributed by atoms with Crippen molar-refractivity contribution in [1.82, 2.24) is 35.0 Å². The molecule has 0 atom stereocenters. The van der Waals surface area contributed by atoms with Gasteiger partial charge in [-0.05, 0) is 38.1 Å². The van der Waals surface area contributed by atoms with Gasteiger partial charge in [0.25, 0.3) is 0 Å². The number of aromatic nitrogens is 6. The molecule has 1 saturated heterocycles. The van der Waals surface area contributed by atoms with E-state index in [2.05, 4.69) is 35.1 Å². The second-order valence-corrected chi connectivity index (χ2v) is 6.36. The van der Waals surface area contributed by atoms with E-state index >= 15 is 0 Å². The van der Waals surface area contributed by atoms with Crippen molar-refractivity contribution in [3.05, 3.63) is 29.8 Å². The fourth-order valence-electron chi connectivity index (χ4n) is 3.12. The molecule has 9 nitrogen and oxygen atoms in total. The first kappa shape index (κ1) is 15.0. The zero-order valence-corrected chi connectivity index (χ0v) is 13.8. The molecule has 0 radical (unpaired) electrons. The van der Waals surface area contributed by atoms with E-state index in [1.807, 2.05) is 35.6 Å². The van der Waals surface area contributed by atoms with Crippen molar-refractivity contribution in [2.75, 3.05) is 32.1 Å². The van der Waals surface area contributed by atoms with Gasteiger partial charge in [0.15, 0.2) is 11.5 Å². The quantitative estimate of drug-likeness (QED) is 0.699. The van der Waals surface area contributed by atoms with E-state index < -0.39 is 0 Å². The molecule has 0 N–H and O–H groups in total. The van der Waals surface area contributed by atoms with E-state index in [1.165, 1.54) is 0 Å². The summed E-state index contributed by atoms with van der Waals surface area (Å²) < 4.78 is 6.54. The number of anilines is 1. The smallest absolute Gasteiger partial charge is 0.178 e. The molecule has 4 rings (SSSR count). The predicted molar refractivity (Wildman–Crippen MR) is 86.7 cm³/mol. The molecule has 0 unspecified atom stereocenters. The van der Waals surface area contributed by atoms with Gasteiger partial charge in [0, 0.05) is 26.6 Å². The first-order valence-electron chi connectivity index (χ1n) is 8.09. The minimum atomic E-state index is 0.372. The Labute approximate surface area is 139 Å². The van der Waals surface area contributed by atoms with Gasteiger partial charge in [0.05, 0.1) is 6.20 Å². The van der Waals surface area contributed by atoms with Gasteiger partial charge < -0.3 is 4.90 Å². The molecule has 3 aromatic heterocycles. The zero-order chi connectivity index (χ0) is 16.5. The molecule has 9 heteroatoms. The van der Waals surface area contributed by atoms with Crippen molar-refractivity contribution in [1.29, 1.82) is 0 Å². The van der Waals surface area contributed by atoms with E-state index in [0.717, 1.165) is 55.5 Å². The van der Waals surface area contributed by atoms with Gasteiger partial charge in [-0.1, -0.05) is 10.3 Å². The average Bonchev–Trinajstić information content (AvgIpc) is 3.24. The summed E-state index contributed by atoms with van der Waals surface area (Å²) in [4.78, 5) is 4.34. The van der Waals surface area contributed by atoms with Crippen LogP contribution in [0.15, 0.2) is 23.0 Å². The highest BCUT2D eigenvalue weighted by atomic mass is 16.6. The van der Waals surface area contributed by atoms with E-state index in [0.29, 0.717) is 5.92 Å². The van der Waals surface area contributed by atoms with Crippen LogP contribution in [-0.4, -0.2) is 62.2 Å². The minimum absolute atomic E-state index is 0.372. The second-order valence-electron chi connectivity index (χ2n) is 6.36. The Morgan fingerprint density at radius 3 is 2.75 bits per heavy atom. The third-order valence-electron chi connectivity index (χ3n) is 4.48. The molecule has 3 aromatic rings. The van der Waals surface area contributed by atoms with Crippen LogP contribution in [0.25, 0.3) is 5.65 Å². The van der Waals surface area contributed by atoms with Gasteiger partial charge in [-0.25, -0.2) is 4.63 Å². The topological polar surface area (TPSA) is 88.5 Å². The predicted octanol–water partition coefficient (Wildman–Crippen LogP) is 0.953. The highest BCUT2D eigenvalue weighted by Gasteiger charge is 2.25. The number of hydrogen-bond donors (Lipinski definition) is 0. The van der Waals surface area contributed by atoms with Gasteiger partial charge in [0.2, 0.25) is 0 Å². The summed E-state index contributed by atoms with van der Waals surface area (Å²) in [6.07, 6.45) is 3.73. The van der Waals surface area contributed by atoms with E-state index in [4.69, 9.17) is 0 Å². The Hall–Kier alpha value is -2.55. The van der Waals surface area contributed by atoms with Gasteiger partial charge in [-0.3, -0.25) is 4.90 Å². The van der Waals surface area contributed by atoms with Crippen LogP contribution in [0.5, 0.6) is 0 Å². The molecular formula is C15H20N8O. The monoisotopic (exact) mass is 328 g/mol. The fraction of sp³-hybridized carbons (Fsp3) is 0.533. The largest absolute Gasteiger partial charge is 0.361 e. The number of likely N-dealkylation sites (tertiary alicyclic amines) is 1. The summed E-state index contributed by atoms with van der Waals surface area (Å²) in [6.45, 7) is 2.75. The van der Waals surface area contributed by atoms with Crippen LogP contribution in [0.4, 0.5) is 5.82 Å². The van der Waals surface area contributed by atoms with Crippen LogP contribution in [0, 0.1) is 0 Å². The van der Waals surface area contributed by atoms with Crippen molar-refractivity contribution in [2.45, 2.75) is 25.3 Å². The first-order valence-corrected chi connectivity index (χ1v) is 8.09. The van der Waals surface area contributed by atoms with Crippen LogP contribution < -0.4 is 4.90 Å². The standard InChI is InChI=1S/C15H20N8O/c1-21(2)14-4-3-13-17-18-15(23(13)19-14)11-5-7-22(8-6-11)10-12-9-16-24-20-12/h3-4,9,11H,5-8,10H2,1-2H3. The molecule has 1 aliphatic rings. The van der Waals surface area contributed by atoms with E-state index in [1.54, 1.807) is 6.20 Å². The highest BCUT2D eigenvalue weighted by molar-refractivity contribution is 5.45. The Morgan fingerprint density at radius 2 is 2.04 bits per heavy atom. The van der Waals surface area contributed by atoms with Gasteiger partial charge in [-0.15, -0.1) is 15.3 Å². The molecule has 1 aliphatic heterocycles. The molecule has 0 aliphatic carbocycles. The lowest BCUT2D eigenvalue weighted by Crippen LogP contribution is -2.33. The van der Waals surface area contributed by atoms with Crippen LogP contribution in [0.3, 0.4) is 0 Å². The summed E-state index contributed by atoms with van der Waals surface area (Å²) >= 11 is 0. The lowest BCUT2D eigenvalue weighted by atomic mass is 9.96. The third-order valence-corrected chi connectivity index (χ3v) is 4.48. The number of nitrogens with zero attached hydrogens (tertiary/aromatic N) is 8. The molecule has 0 aromatic carbocycles. The molecule has 0 bridgehead atoms. The number of fused-ring (bicyclic) bond motifs is 1. The van der Waals surface area contributed by atoms with Crippen molar-refractivity contribution < 1.29 is 4.63 Å². The summed E-state index contributed by atoms with van der Waals surface area (Å²) in [5, 5.41) is 20.9. The van der Waals surface area contributed by atoms with Crippen molar-refractivity contribution in [3.8, 4) is 0 Å². The molecule has 0 spiro atoms. The van der Waals surface area contributed by atoms with Gasteiger partial charge >= 0.3 is 0 Å². The van der Waals surface area contributed by atoms with Crippen molar-refractivity contribution >= 4 is 11.5 Å². The Bertz CT molecular complexity index is 804. The molecule has 4 heterocycles. The average molecular weight is 328 g/mol. The SMILES string of the molecule is CN(C)c1ccc2nnc(C3CCN(Cc4cnon4)CC3)n2n1. The van der Waals surface area contributed by atoms with Crippen molar-refractivity contribution in [2.24, 2.45) is 0 Å². The second kappa shape index (κ2) is 6.16. The lowest BCUT2D eigenvalue weighted by Gasteiger charge is -2.30. The zero-order valence-electron chi connectivity index (χ0n) is 13.8. The maximum atomic E-state index is 4.66. The maximum Gasteiger partial charge on any atom is 0.178 e. The van der Waals surface area contributed by atoms with Crippen LogP contribution >= 0.6 is 0 Å². The van der Waals surface area contributed by atoms with Crippen LogP contribution in [-0.2, 0) is 6.54 Å². The first-order chi connectivity index (χ1) is 11.7. The Kier molecular flexibility index (Phi) is 3.85. The van der Waals surface area contributed by atoms with E-state index in [-0.39, 0.29) is 0 Å². The molecule has 24 heavy (non-hydrogen) atoms. The summed E-state index contributed by atoms with van der Waals surface area (Å²) in [5.41, 5.74) is 1.67. The van der Waals surface area contributed by atoms with Crippen molar-refractivity contribution in [3.63, 3.8) is 0 Å². The molecule has 126 valence electrons. The number of piperidine rings is 1. The number of hydrogen-bond acceptors (Lipinski definition) is 8. The molecule has 0 amide bonds. The maximum absolute atomic E-state index is 4.66. The minimum Gasteiger partial charge on any atom is -0.361 e. The summed E-state index contributed by atoms with van der Waals surface area (Å²) in [6, 6.07) is 3.92. The lowest BCUT2D eigenvalue weighted by molar-refractivity contribution is 0.194. The van der Waals surface area contributed by atoms with Crippen LogP contribution in [0.1, 0.15) is 30.3 Å². The van der Waals surface area contributed by atoms with E-state index in [9.17, 15) is 0 Å². The Balaban J connectivity index is 1.49. The summed E-state index contributed by atoms with van der Waals surface area (Å²) in [5.74, 6) is 2.23. The molecule has 0 saturated carbocycles. The third kappa shape index (κ3) is 2.82. The van der Waals surface area contributed by atoms with Crippen LogP contribution in [0.2, 0.25) is 0 Å². The Morgan fingerprint density at radius 1 is 1.21 bits per heavy atom. The molecular weight excluding hydrogens is 308 g/mol. The van der Waals surface area contributed by atoms with Gasteiger partial charge in [-0.2, -0.15) is 4.52 Å². The summed E-state index contributed by atoms with van der Waals surface area (Å²) in [7, 11) is 3.96. The van der Waals surface area contributed by atoms with Gasteiger partial charge in [0.1, 0.15) is 11.5 Å².